The standard InChI is InChI=1S/C32H35FN6O4S/c1-32(2,30(40)41)19-39-13-11-38(12-14-39)18-20-3-7-24(35-17-20)28-16-25-29(44-28)27(9-10-34-25)43-26-8-6-22(15-23(26)33)37-31(42)36-21-4-5-21/h3,6-10,15-17,21H,4-5,11-14,18-19H2,1-2H3,(H,40,41)(H2,36,37,42). The number of hydrogen-bond acceptors (Lipinski definition) is 8. The highest BCUT2D eigenvalue weighted by atomic mass is 32.1. The highest BCUT2D eigenvalue weighted by Gasteiger charge is 2.31. The Kier molecular flexibility index (Phi) is 8.48. The van der Waals surface area contributed by atoms with Crippen molar-refractivity contribution in [3.8, 4) is 22.1 Å². The van der Waals surface area contributed by atoms with Crippen LogP contribution in [0, 0.1) is 11.2 Å². The van der Waals surface area contributed by atoms with Crippen LogP contribution in [-0.2, 0) is 11.3 Å². The molecule has 3 aromatic heterocycles. The highest BCUT2D eigenvalue weighted by molar-refractivity contribution is 7.22. The number of nitrogens with zero attached hydrogens (tertiary/aromatic N) is 4. The zero-order valence-electron chi connectivity index (χ0n) is 24.7. The van der Waals surface area contributed by atoms with E-state index in [9.17, 15) is 19.1 Å². The molecule has 2 amide bonds. The fourth-order valence-corrected chi connectivity index (χ4v) is 6.18. The van der Waals surface area contributed by atoms with Gasteiger partial charge in [0, 0.05) is 75.5 Å². The molecular weight excluding hydrogens is 583 g/mol. The normalized spacial score (nSPS) is 16.2. The van der Waals surface area contributed by atoms with E-state index in [2.05, 4.69) is 31.5 Å². The molecule has 1 aromatic carbocycles. The molecule has 0 bridgehead atoms. The van der Waals surface area contributed by atoms with E-state index in [4.69, 9.17) is 9.72 Å². The third-order valence-electron chi connectivity index (χ3n) is 7.84. The summed E-state index contributed by atoms with van der Waals surface area (Å²) in [5.41, 5.74) is 2.24. The van der Waals surface area contributed by atoms with E-state index in [1.165, 1.54) is 23.5 Å². The minimum Gasteiger partial charge on any atom is -0.481 e. The molecule has 1 aliphatic heterocycles. The molecule has 1 saturated carbocycles. The Morgan fingerprint density at radius 3 is 2.50 bits per heavy atom. The van der Waals surface area contributed by atoms with Crippen LogP contribution in [0.1, 0.15) is 32.3 Å². The van der Waals surface area contributed by atoms with Crippen LogP contribution in [0.2, 0.25) is 0 Å². The van der Waals surface area contributed by atoms with Gasteiger partial charge in [-0.05, 0) is 56.5 Å². The van der Waals surface area contributed by atoms with E-state index >= 15 is 0 Å². The minimum absolute atomic E-state index is 0.0505. The molecule has 2 fully saturated rings. The van der Waals surface area contributed by atoms with Crippen molar-refractivity contribution < 1.29 is 23.8 Å². The largest absolute Gasteiger partial charge is 0.481 e. The lowest BCUT2D eigenvalue weighted by Gasteiger charge is -2.37. The molecule has 44 heavy (non-hydrogen) atoms. The number of rotatable bonds is 10. The maximum atomic E-state index is 14.9. The Labute approximate surface area is 258 Å². The Morgan fingerprint density at radius 2 is 1.82 bits per heavy atom. The lowest BCUT2D eigenvalue weighted by Crippen LogP contribution is -2.49. The summed E-state index contributed by atoms with van der Waals surface area (Å²) in [6.07, 6.45) is 5.46. The maximum absolute atomic E-state index is 14.9. The van der Waals surface area contributed by atoms with Crippen molar-refractivity contribution in [1.29, 1.82) is 0 Å². The molecule has 1 aliphatic carbocycles. The quantitative estimate of drug-likeness (QED) is 0.204. The van der Waals surface area contributed by atoms with Gasteiger partial charge in [-0.15, -0.1) is 11.3 Å². The number of carboxylic acid groups (broad SMARTS) is 1. The van der Waals surface area contributed by atoms with Gasteiger partial charge in [0.2, 0.25) is 0 Å². The lowest BCUT2D eigenvalue weighted by molar-refractivity contribution is -0.148. The second kappa shape index (κ2) is 12.5. The van der Waals surface area contributed by atoms with Crippen LogP contribution in [0.3, 0.4) is 0 Å². The number of hydrogen-bond donors (Lipinski definition) is 3. The van der Waals surface area contributed by atoms with Gasteiger partial charge in [-0.25, -0.2) is 9.18 Å². The highest BCUT2D eigenvalue weighted by Crippen LogP contribution is 2.39. The fourth-order valence-electron chi connectivity index (χ4n) is 5.14. The van der Waals surface area contributed by atoms with E-state index in [0.717, 1.165) is 71.9 Å². The zero-order chi connectivity index (χ0) is 30.8. The SMILES string of the molecule is CC(C)(CN1CCN(Cc2ccc(-c3cc4nccc(Oc5ccc(NC(=O)NC6CC6)cc5F)c4s3)nc2)CC1)C(=O)O. The Balaban J connectivity index is 1.08. The number of piperazine rings is 1. The number of carbonyl (C=O) groups is 2. The van der Waals surface area contributed by atoms with Gasteiger partial charge < -0.3 is 20.5 Å². The summed E-state index contributed by atoms with van der Waals surface area (Å²) in [7, 11) is 0. The van der Waals surface area contributed by atoms with Gasteiger partial charge >= 0.3 is 12.0 Å². The fraction of sp³-hybridized carbons (Fsp3) is 0.375. The average molecular weight is 619 g/mol. The molecule has 6 rings (SSSR count). The van der Waals surface area contributed by atoms with Gasteiger partial charge in [-0.1, -0.05) is 6.07 Å². The number of carboxylic acids is 1. The number of thiophene rings is 1. The summed E-state index contributed by atoms with van der Waals surface area (Å²) < 4.78 is 21.6. The molecule has 3 N–H and O–H groups in total. The van der Waals surface area contributed by atoms with Gasteiger partial charge in [-0.3, -0.25) is 24.6 Å². The number of benzene rings is 1. The first-order valence-corrected chi connectivity index (χ1v) is 15.5. The molecule has 2 aliphatic rings. The average Bonchev–Trinajstić information content (AvgIpc) is 3.69. The summed E-state index contributed by atoms with van der Waals surface area (Å²) >= 11 is 1.48. The molecule has 0 unspecified atom stereocenters. The summed E-state index contributed by atoms with van der Waals surface area (Å²) in [6, 6.07) is 11.9. The number of aliphatic carboxylic acids is 1. The van der Waals surface area contributed by atoms with Crippen molar-refractivity contribution >= 4 is 39.2 Å². The van der Waals surface area contributed by atoms with Crippen LogP contribution in [0.15, 0.2) is 54.9 Å². The number of carbonyl (C=O) groups excluding carboxylic acids is 1. The maximum Gasteiger partial charge on any atom is 0.319 e. The second-order valence-electron chi connectivity index (χ2n) is 12.0. The van der Waals surface area contributed by atoms with Gasteiger partial charge in [0.1, 0.15) is 5.75 Å². The predicted molar refractivity (Wildman–Crippen MR) is 168 cm³/mol. The van der Waals surface area contributed by atoms with Crippen LogP contribution in [-0.4, -0.2) is 75.6 Å². The summed E-state index contributed by atoms with van der Waals surface area (Å²) in [4.78, 5) is 38.1. The first-order valence-electron chi connectivity index (χ1n) is 14.7. The molecule has 10 nitrogen and oxygen atoms in total. The first kappa shape index (κ1) is 29.9. The number of nitrogens with one attached hydrogen (secondary N) is 2. The van der Waals surface area contributed by atoms with Crippen LogP contribution < -0.4 is 15.4 Å². The molecule has 1 saturated heterocycles. The number of fused-ring (bicyclic) bond motifs is 1. The van der Waals surface area contributed by atoms with Crippen molar-refractivity contribution in [3.63, 3.8) is 0 Å². The van der Waals surface area contributed by atoms with E-state index < -0.39 is 17.2 Å². The molecule has 12 heteroatoms. The number of halogens is 1. The summed E-state index contributed by atoms with van der Waals surface area (Å²) in [6.45, 7) is 8.28. The molecular formula is C32H35FN6O4S. The molecule has 4 heterocycles. The van der Waals surface area contributed by atoms with Crippen molar-refractivity contribution in [1.82, 2.24) is 25.1 Å². The zero-order valence-corrected chi connectivity index (χ0v) is 25.5. The second-order valence-corrected chi connectivity index (χ2v) is 13.1. The monoisotopic (exact) mass is 618 g/mol. The molecule has 0 atom stereocenters. The summed E-state index contributed by atoms with van der Waals surface area (Å²) in [5, 5.41) is 14.9. The lowest BCUT2D eigenvalue weighted by atomic mass is 9.93. The van der Waals surface area contributed by atoms with Gasteiger partial charge in [-0.2, -0.15) is 0 Å². The van der Waals surface area contributed by atoms with Gasteiger partial charge in [0.15, 0.2) is 11.6 Å². The van der Waals surface area contributed by atoms with Crippen LogP contribution in [0.25, 0.3) is 20.8 Å². The number of aromatic nitrogens is 2. The van der Waals surface area contributed by atoms with Crippen LogP contribution in [0.4, 0.5) is 14.9 Å². The first-order chi connectivity index (χ1) is 21.1. The topological polar surface area (TPSA) is 120 Å². The van der Waals surface area contributed by atoms with E-state index in [0.29, 0.717) is 18.0 Å². The van der Waals surface area contributed by atoms with Crippen molar-refractivity contribution in [2.75, 3.05) is 38.0 Å². The van der Waals surface area contributed by atoms with E-state index in [1.807, 2.05) is 18.3 Å². The number of pyridine rings is 2. The molecule has 0 radical (unpaired) electrons. The predicted octanol–water partition coefficient (Wildman–Crippen LogP) is 5.80. The molecule has 4 aromatic rings. The van der Waals surface area contributed by atoms with Crippen molar-refractivity contribution in [2.45, 2.75) is 39.3 Å². The Morgan fingerprint density at radius 1 is 1.05 bits per heavy atom. The number of amides is 2. The smallest absolute Gasteiger partial charge is 0.319 e. The van der Waals surface area contributed by atoms with E-state index in [-0.39, 0.29) is 17.8 Å². The Hall–Kier alpha value is -4.13. The Bertz CT molecular complexity index is 1670. The van der Waals surface area contributed by atoms with Crippen LogP contribution >= 0.6 is 11.3 Å². The van der Waals surface area contributed by atoms with Gasteiger partial charge in [0.05, 0.1) is 26.2 Å². The molecule has 0 spiro atoms. The third kappa shape index (κ3) is 7.15. The van der Waals surface area contributed by atoms with Crippen molar-refractivity contribution in [2.24, 2.45) is 5.41 Å². The number of anilines is 1. The third-order valence-corrected chi connectivity index (χ3v) is 9.01. The molecule has 230 valence electrons. The minimum atomic E-state index is -0.771. The van der Waals surface area contributed by atoms with Gasteiger partial charge in [0.25, 0.3) is 0 Å². The number of urea groups is 1. The van der Waals surface area contributed by atoms with E-state index in [1.54, 1.807) is 32.2 Å². The summed E-state index contributed by atoms with van der Waals surface area (Å²) in [5.74, 6) is -0.819. The van der Waals surface area contributed by atoms with Crippen molar-refractivity contribution in [3.05, 3.63) is 66.2 Å². The number of ether oxygens (including phenoxy) is 1. The van der Waals surface area contributed by atoms with Crippen LogP contribution in [0.5, 0.6) is 11.5 Å².